The predicted molar refractivity (Wildman–Crippen MR) is 137 cm³/mol. The van der Waals surface area contributed by atoms with Crippen molar-refractivity contribution in [3.63, 3.8) is 0 Å². The standard InChI is InChI=1S/C27H32FN5O3S/c1-32-10-12-33(13-11-32)37(35,36)24-8-5-18(6-9-24)19-2-3-20(25(28)16-19)14-23(17-29)31-27(34)26-21-4-7-22(15-21)30-26/h2-3,5-6,8-9,16,21-23,26,30H,4,7,10-15H2,1H3,(H,31,34). The lowest BCUT2D eigenvalue weighted by atomic mass is 9.98. The Balaban J connectivity index is 1.24. The van der Waals surface area contributed by atoms with Crippen molar-refractivity contribution in [3.8, 4) is 17.2 Å². The van der Waals surface area contributed by atoms with Crippen molar-refractivity contribution in [3.05, 3.63) is 53.8 Å². The molecule has 0 radical (unpaired) electrons. The number of piperidine rings is 1. The Morgan fingerprint density at radius 3 is 2.43 bits per heavy atom. The molecule has 3 fully saturated rings. The van der Waals surface area contributed by atoms with Gasteiger partial charge in [0.25, 0.3) is 0 Å². The monoisotopic (exact) mass is 525 g/mol. The molecule has 2 N–H and O–H groups in total. The zero-order valence-corrected chi connectivity index (χ0v) is 21.7. The normalized spacial score (nSPS) is 25.1. The number of sulfonamides is 1. The van der Waals surface area contributed by atoms with E-state index in [2.05, 4.69) is 21.6 Å². The summed E-state index contributed by atoms with van der Waals surface area (Å²) in [6, 6.07) is 12.6. The SMILES string of the molecule is CN1CCN(S(=O)(=O)c2ccc(-c3ccc(CC(C#N)NC(=O)C4NC5CCC4C5)c(F)c3)cc2)CC1. The fraction of sp³-hybridized carbons (Fsp3) is 0.481. The summed E-state index contributed by atoms with van der Waals surface area (Å²) in [6.07, 6.45) is 3.17. The summed E-state index contributed by atoms with van der Waals surface area (Å²) >= 11 is 0. The van der Waals surface area contributed by atoms with Gasteiger partial charge in [-0.2, -0.15) is 9.57 Å². The molecule has 8 nitrogen and oxygen atoms in total. The molecule has 2 aromatic rings. The molecule has 1 amide bonds. The predicted octanol–water partition coefficient (Wildman–Crippen LogP) is 2.12. The van der Waals surface area contributed by atoms with Crippen LogP contribution in [0.2, 0.25) is 0 Å². The minimum atomic E-state index is -3.57. The van der Waals surface area contributed by atoms with Crippen molar-refractivity contribution in [2.45, 2.75) is 48.7 Å². The number of likely N-dealkylation sites (N-methyl/N-ethyl adjacent to an activating group) is 1. The molecular weight excluding hydrogens is 493 g/mol. The summed E-state index contributed by atoms with van der Waals surface area (Å²) in [5.74, 6) is -0.357. The molecule has 5 rings (SSSR count). The zero-order valence-electron chi connectivity index (χ0n) is 20.9. The van der Waals surface area contributed by atoms with Crippen LogP contribution >= 0.6 is 0 Å². The van der Waals surface area contributed by atoms with Crippen molar-refractivity contribution < 1.29 is 17.6 Å². The van der Waals surface area contributed by atoms with Gasteiger partial charge in [0.15, 0.2) is 0 Å². The molecule has 0 spiro atoms. The van der Waals surface area contributed by atoms with Crippen LogP contribution in [0.25, 0.3) is 11.1 Å². The van der Waals surface area contributed by atoms with Gasteiger partial charge in [0.05, 0.1) is 17.0 Å². The van der Waals surface area contributed by atoms with Crippen LogP contribution in [0.15, 0.2) is 47.4 Å². The van der Waals surface area contributed by atoms with E-state index in [9.17, 15) is 22.9 Å². The average molecular weight is 526 g/mol. The lowest BCUT2D eigenvalue weighted by Crippen LogP contribution is -2.50. The molecule has 1 aliphatic carbocycles. The molecule has 2 aliphatic heterocycles. The van der Waals surface area contributed by atoms with Crippen molar-refractivity contribution in [1.29, 1.82) is 5.26 Å². The van der Waals surface area contributed by atoms with Crippen LogP contribution in [0.5, 0.6) is 0 Å². The molecule has 4 unspecified atom stereocenters. The van der Waals surface area contributed by atoms with Gasteiger partial charge in [-0.05, 0) is 67.1 Å². The number of hydrogen-bond acceptors (Lipinski definition) is 6. The van der Waals surface area contributed by atoms with Crippen LogP contribution in [-0.4, -0.2) is 74.9 Å². The number of halogens is 1. The van der Waals surface area contributed by atoms with Crippen molar-refractivity contribution in [1.82, 2.24) is 19.8 Å². The van der Waals surface area contributed by atoms with Crippen LogP contribution in [0.4, 0.5) is 4.39 Å². The van der Waals surface area contributed by atoms with Crippen LogP contribution < -0.4 is 10.6 Å². The van der Waals surface area contributed by atoms with Gasteiger partial charge in [-0.15, -0.1) is 0 Å². The molecule has 10 heteroatoms. The number of carbonyl (C=O) groups excluding carboxylic acids is 1. The van der Waals surface area contributed by atoms with Crippen LogP contribution in [0.1, 0.15) is 24.8 Å². The topological polar surface area (TPSA) is 106 Å². The number of nitrogens with one attached hydrogen (secondary N) is 2. The average Bonchev–Trinajstić information content (AvgIpc) is 3.54. The van der Waals surface area contributed by atoms with Crippen molar-refractivity contribution in [2.75, 3.05) is 33.2 Å². The molecule has 196 valence electrons. The van der Waals surface area contributed by atoms with Gasteiger partial charge in [-0.25, -0.2) is 12.8 Å². The minimum absolute atomic E-state index is 0.0668. The van der Waals surface area contributed by atoms with Gasteiger partial charge in [0.2, 0.25) is 15.9 Å². The number of amides is 1. The third-order valence-corrected chi connectivity index (χ3v) is 9.79. The van der Waals surface area contributed by atoms with E-state index in [1.54, 1.807) is 36.4 Å². The maximum absolute atomic E-state index is 15.0. The van der Waals surface area contributed by atoms with E-state index in [0.29, 0.717) is 54.8 Å². The number of benzene rings is 2. The third kappa shape index (κ3) is 5.41. The van der Waals surface area contributed by atoms with Gasteiger partial charge in [-0.3, -0.25) is 4.79 Å². The van der Waals surface area contributed by atoms with E-state index >= 15 is 0 Å². The zero-order chi connectivity index (χ0) is 26.2. The maximum atomic E-state index is 15.0. The Labute approximate surface area is 217 Å². The minimum Gasteiger partial charge on any atom is -0.339 e. The molecule has 2 heterocycles. The highest BCUT2D eigenvalue weighted by Crippen LogP contribution is 2.35. The first-order valence-corrected chi connectivity index (χ1v) is 14.2. The molecule has 0 aromatic heterocycles. The summed E-state index contributed by atoms with van der Waals surface area (Å²) in [5, 5.41) is 15.7. The quantitative estimate of drug-likeness (QED) is 0.574. The van der Waals surface area contributed by atoms with Crippen LogP contribution in [-0.2, 0) is 21.2 Å². The van der Waals surface area contributed by atoms with Gasteiger partial charge < -0.3 is 15.5 Å². The van der Waals surface area contributed by atoms with E-state index in [4.69, 9.17) is 0 Å². The molecular formula is C27H32FN5O3S. The Bertz CT molecular complexity index is 1300. The highest BCUT2D eigenvalue weighted by Gasteiger charge is 2.43. The van der Waals surface area contributed by atoms with Crippen molar-refractivity contribution in [2.24, 2.45) is 5.92 Å². The fourth-order valence-electron chi connectivity index (χ4n) is 5.65. The molecule has 3 aliphatic rings. The lowest BCUT2D eigenvalue weighted by molar-refractivity contribution is -0.124. The van der Waals surface area contributed by atoms with E-state index in [-0.39, 0.29) is 23.3 Å². The highest BCUT2D eigenvalue weighted by molar-refractivity contribution is 7.89. The van der Waals surface area contributed by atoms with Gasteiger partial charge in [0, 0.05) is 38.6 Å². The molecule has 2 bridgehead atoms. The van der Waals surface area contributed by atoms with E-state index in [1.165, 1.54) is 10.4 Å². The molecule has 37 heavy (non-hydrogen) atoms. The Morgan fingerprint density at radius 1 is 1.14 bits per heavy atom. The van der Waals surface area contributed by atoms with Crippen molar-refractivity contribution >= 4 is 15.9 Å². The number of hydrogen-bond donors (Lipinski definition) is 2. The summed E-state index contributed by atoms with van der Waals surface area (Å²) in [5.41, 5.74) is 1.63. The number of piperazine rings is 1. The number of nitrogens with zero attached hydrogens (tertiary/aromatic N) is 3. The Morgan fingerprint density at radius 2 is 1.84 bits per heavy atom. The van der Waals surface area contributed by atoms with E-state index in [0.717, 1.165) is 19.3 Å². The Kier molecular flexibility index (Phi) is 7.32. The molecule has 4 atom stereocenters. The van der Waals surface area contributed by atoms with E-state index in [1.807, 2.05) is 7.05 Å². The second-order valence-electron chi connectivity index (χ2n) is 10.3. The first-order valence-electron chi connectivity index (χ1n) is 12.8. The summed E-state index contributed by atoms with van der Waals surface area (Å²) < 4.78 is 42.4. The van der Waals surface area contributed by atoms with Gasteiger partial charge in [-0.1, -0.05) is 24.3 Å². The first kappa shape index (κ1) is 25.8. The number of carbonyl (C=O) groups is 1. The largest absolute Gasteiger partial charge is 0.339 e. The number of fused-ring (bicyclic) bond motifs is 2. The fourth-order valence-corrected chi connectivity index (χ4v) is 7.07. The highest BCUT2D eigenvalue weighted by atomic mass is 32.2. The third-order valence-electron chi connectivity index (χ3n) is 7.88. The van der Waals surface area contributed by atoms with Gasteiger partial charge in [0.1, 0.15) is 11.9 Å². The number of nitriles is 1. The smallest absolute Gasteiger partial charge is 0.243 e. The molecule has 2 aromatic carbocycles. The summed E-state index contributed by atoms with van der Waals surface area (Å²) in [6.45, 7) is 2.29. The second kappa shape index (κ2) is 10.5. The maximum Gasteiger partial charge on any atom is 0.243 e. The second-order valence-corrected chi connectivity index (χ2v) is 12.3. The van der Waals surface area contributed by atoms with Crippen LogP contribution in [0.3, 0.4) is 0 Å². The summed E-state index contributed by atoms with van der Waals surface area (Å²) in [4.78, 5) is 15.0. The lowest BCUT2D eigenvalue weighted by Gasteiger charge is -2.31. The molecule has 2 saturated heterocycles. The Hall–Kier alpha value is -2.84. The van der Waals surface area contributed by atoms with Gasteiger partial charge >= 0.3 is 0 Å². The summed E-state index contributed by atoms with van der Waals surface area (Å²) in [7, 11) is -1.60. The first-order chi connectivity index (χ1) is 17.7. The van der Waals surface area contributed by atoms with E-state index < -0.39 is 21.9 Å². The van der Waals surface area contributed by atoms with Crippen LogP contribution in [0, 0.1) is 23.1 Å². The number of rotatable bonds is 7. The molecule has 1 saturated carbocycles.